The lowest BCUT2D eigenvalue weighted by Gasteiger charge is -2.42. The maximum absolute atomic E-state index is 12.3. The molecule has 0 fully saturated rings. The molecule has 0 N–H and O–H groups in total. The number of aromatic nitrogens is 2. The number of carbonyl (C=O) groups excluding carboxylic acids is 1. The number of nitrogens with zero attached hydrogens (tertiary/aromatic N) is 3. The van der Waals surface area contributed by atoms with Crippen molar-refractivity contribution in [2.24, 2.45) is 0 Å². The monoisotopic (exact) mass is 329 g/mol. The highest BCUT2D eigenvalue weighted by Gasteiger charge is 2.39. The molecule has 1 amide bonds. The molecule has 1 aromatic rings. The Hall–Kier alpha value is -1.04. The Morgan fingerprint density at radius 1 is 1.47 bits per heavy atom. The molecular weight excluding hydrogens is 310 g/mol. The van der Waals surface area contributed by atoms with Gasteiger partial charge < -0.3 is 4.74 Å². The van der Waals surface area contributed by atoms with E-state index in [1.54, 1.807) is 4.90 Å². The summed E-state index contributed by atoms with van der Waals surface area (Å²) in [6.07, 6.45) is -0.277. The Morgan fingerprint density at radius 2 is 2.11 bits per heavy atom. The van der Waals surface area contributed by atoms with Gasteiger partial charge in [0.2, 0.25) is 0 Å². The van der Waals surface area contributed by atoms with E-state index < -0.39 is 5.60 Å². The van der Waals surface area contributed by atoms with Crippen molar-refractivity contribution in [2.45, 2.75) is 58.8 Å². The number of halogens is 1. The first-order chi connectivity index (χ1) is 8.58. The molecule has 0 saturated heterocycles. The van der Waals surface area contributed by atoms with Gasteiger partial charge in [0.1, 0.15) is 10.2 Å². The molecular formula is C13H20BrN3O2. The average Bonchev–Trinajstić information content (AvgIpc) is 2.51. The highest BCUT2D eigenvalue weighted by Crippen LogP contribution is 2.29. The number of fused-ring (bicyclic) bond motifs is 1. The van der Waals surface area contributed by atoms with Crippen molar-refractivity contribution in [3.63, 3.8) is 0 Å². The fraction of sp³-hybridized carbons (Fsp3) is 0.692. The predicted molar refractivity (Wildman–Crippen MR) is 75.8 cm³/mol. The number of rotatable bonds is 0. The van der Waals surface area contributed by atoms with Crippen LogP contribution >= 0.6 is 15.9 Å². The molecule has 2 heterocycles. The summed E-state index contributed by atoms with van der Waals surface area (Å²) in [5, 5.41) is 4.37. The number of ether oxygens (including phenoxy) is 1. The van der Waals surface area contributed by atoms with Crippen LogP contribution in [0.15, 0.2) is 10.7 Å². The van der Waals surface area contributed by atoms with E-state index >= 15 is 0 Å². The second-order valence-corrected chi connectivity index (χ2v) is 7.31. The van der Waals surface area contributed by atoms with Crippen molar-refractivity contribution in [1.82, 2.24) is 14.7 Å². The van der Waals surface area contributed by atoms with E-state index in [0.29, 0.717) is 13.1 Å². The van der Waals surface area contributed by atoms with Crippen LogP contribution in [0.5, 0.6) is 0 Å². The first-order valence-electron chi connectivity index (χ1n) is 6.31. The van der Waals surface area contributed by atoms with E-state index in [4.69, 9.17) is 4.74 Å². The lowest BCUT2D eigenvalue weighted by molar-refractivity contribution is -0.0111. The van der Waals surface area contributed by atoms with Gasteiger partial charge in [0.25, 0.3) is 0 Å². The van der Waals surface area contributed by atoms with E-state index in [1.807, 2.05) is 45.4 Å². The third kappa shape index (κ3) is 3.11. The topological polar surface area (TPSA) is 47.4 Å². The SMILES string of the molecule is CC(C)(C)OC(=O)N1Cc2cc(Br)nn2CC1(C)C. The van der Waals surface area contributed by atoms with E-state index in [9.17, 15) is 4.79 Å². The molecule has 0 saturated carbocycles. The second-order valence-electron chi connectivity index (χ2n) is 6.49. The molecule has 0 spiro atoms. The highest BCUT2D eigenvalue weighted by atomic mass is 79.9. The Kier molecular flexibility index (Phi) is 3.41. The lowest BCUT2D eigenvalue weighted by Crippen LogP contribution is -2.54. The van der Waals surface area contributed by atoms with Crippen molar-refractivity contribution >= 4 is 22.0 Å². The molecule has 0 unspecified atom stereocenters. The van der Waals surface area contributed by atoms with E-state index in [-0.39, 0.29) is 11.6 Å². The Labute approximate surface area is 122 Å². The van der Waals surface area contributed by atoms with Crippen molar-refractivity contribution in [1.29, 1.82) is 0 Å². The summed E-state index contributed by atoms with van der Waals surface area (Å²) in [6, 6.07) is 1.94. The van der Waals surface area contributed by atoms with Gasteiger partial charge in [-0.15, -0.1) is 0 Å². The normalized spacial score (nSPS) is 18.1. The average molecular weight is 330 g/mol. The van der Waals surface area contributed by atoms with E-state index in [1.165, 1.54) is 0 Å². The summed E-state index contributed by atoms with van der Waals surface area (Å²) in [5.41, 5.74) is 0.212. The van der Waals surface area contributed by atoms with Gasteiger partial charge in [-0.05, 0) is 56.6 Å². The molecule has 0 radical (unpaired) electrons. The summed E-state index contributed by atoms with van der Waals surface area (Å²) in [7, 11) is 0. The van der Waals surface area contributed by atoms with Crippen molar-refractivity contribution in [2.75, 3.05) is 0 Å². The van der Waals surface area contributed by atoms with Gasteiger partial charge in [0, 0.05) is 0 Å². The van der Waals surface area contributed by atoms with Crippen molar-refractivity contribution < 1.29 is 9.53 Å². The number of hydrogen-bond donors (Lipinski definition) is 0. The third-order valence-corrected chi connectivity index (χ3v) is 3.42. The van der Waals surface area contributed by atoms with Crippen molar-refractivity contribution in [3.8, 4) is 0 Å². The Morgan fingerprint density at radius 3 is 2.68 bits per heavy atom. The maximum Gasteiger partial charge on any atom is 0.411 e. The van der Waals surface area contributed by atoms with Gasteiger partial charge in [-0.25, -0.2) is 4.79 Å². The Bertz CT molecular complexity index is 502. The summed E-state index contributed by atoms with van der Waals surface area (Å²) < 4.78 is 8.21. The molecule has 0 bridgehead atoms. The molecule has 1 aliphatic rings. The van der Waals surface area contributed by atoms with Crippen LogP contribution in [0.2, 0.25) is 0 Å². The number of carbonyl (C=O) groups is 1. The fourth-order valence-electron chi connectivity index (χ4n) is 2.14. The fourth-order valence-corrected chi connectivity index (χ4v) is 2.60. The zero-order valence-electron chi connectivity index (χ0n) is 12.0. The molecule has 1 aromatic heterocycles. The minimum Gasteiger partial charge on any atom is -0.444 e. The molecule has 106 valence electrons. The minimum atomic E-state index is -0.481. The second kappa shape index (κ2) is 4.51. The minimum absolute atomic E-state index is 0.277. The van der Waals surface area contributed by atoms with Gasteiger partial charge >= 0.3 is 6.09 Å². The molecule has 1 aliphatic heterocycles. The molecule has 19 heavy (non-hydrogen) atoms. The van der Waals surface area contributed by atoms with Crippen molar-refractivity contribution in [3.05, 3.63) is 16.4 Å². The smallest absolute Gasteiger partial charge is 0.411 e. The maximum atomic E-state index is 12.3. The summed E-state index contributed by atoms with van der Waals surface area (Å²) >= 11 is 3.37. The zero-order chi connectivity index (χ0) is 14.4. The molecule has 5 nitrogen and oxygen atoms in total. The highest BCUT2D eigenvalue weighted by molar-refractivity contribution is 9.10. The molecule has 0 atom stereocenters. The van der Waals surface area contributed by atoms with Gasteiger partial charge in [-0.3, -0.25) is 9.58 Å². The van der Waals surface area contributed by atoms with Crippen LogP contribution in [0.4, 0.5) is 4.79 Å². The Balaban J connectivity index is 2.24. The summed E-state index contributed by atoms with van der Waals surface area (Å²) in [6.45, 7) is 10.9. The summed E-state index contributed by atoms with van der Waals surface area (Å²) in [4.78, 5) is 14.1. The van der Waals surface area contributed by atoms with Gasteiger partial charge in [-0.2, -0.15) is 5.10 Å². The molecule has 0 aromatic carbocycles. The van der Waals surface area contributed by atoms with Crippen LogP contribution < -0.4 is 0 Å². The summed E-state index contributed by atoms with van der Waals surface area (Å²) in [5.74, 6) is 0. The first kappa shape index (κ1) is 14.4. The zero-order valence-corrected chi connectivity index (χ0v) is 13.6. The predicted octanol–water partition coefficient (Wildman–Crippen LogP) is 3.17. The quantitative estimate of drug-likeness (QED) is 0.734. The van der Waals surface area contributed by atoms with E-state index in [0.717, 1.165) is 10.3 Å². The first-order valence-corrected chi connectivity index (χ1v) is 7.11. The van der Waals surface area contributed by atoms with Crippen LogP contribution in [-0.2, 0) is 17.8 Å². The van der Waals surface area contributed by atoms with Crippen LogP contribution in [0.25, 0.3) is 0 Å². The largest absolute Gasteiger partial charge is 0.444 e. The number of hydrogen-bond acceptors (Lipinski definition) is 3. The van der Waals surface area contributed by atoms with Crippen LogP contribution in [0.1, 0.15) is 40.3 Å². The molecule has 0 aliphatic carbocycles. The van der Waals surface area contributed by atoms with Crippen LogP contribution in [0, 0.1) is 0 Å². The van der Waals surface area contributed by atoms with Crippen LogP contribution in [-0.4, -0.2) is 31.9 Å². The van der Waals surface area contributed by atoms with Gasteiger partial charge in [-0.1, -0.05) is 0 Å². The third-order valence-electron chi connectivity index (χ3n) is 3.03. The number of amides is 1. The van der Waals surface area contributed by atoms with Gasteiger partial charge in [0.15, 0.2) is 0 Å². The van der Waals surface area contributed by atoms with E-state index in [2.05, 4.69) is 21.0 Å². The van der Waals surface area contributed by atoms with Crippen LogP contribution in [0.3, 0.4) is 0 Å². The lowest BCUT2D eigenvalue weighted by atomic mass is 10.0. The molecule has 6 heteroatoms. The molecule has 2 rings (SSSR count). The van der Waals surface area contributed by atoms with Gasteiger partial charge in [0.05, 0.1) is 24.3 Å². The standard InChI is InChI=1S/C13H20BrN3O2/c1-12(2,3)19-11(18)16-7-9-6-10(14)15-17(9)8-13(16,4)5/h6H,7-8H2,1-5H3.